The average molecular weight is 486 g/mol. The number of alkyl halides is 18. The van der Waals surface area contributed by atoms with Crippen molar-refractivity contribution in [1.82, 2.24) is 0 Å². The van der Waals surface area contributed by atoms with Crippen LogP contribution < -0.4 is 0 Å². The first-order chi connectivity index (χ1) is 12.1. The molecule has 0 N–H and O–H groups in total. The highest BCUT2D eigenvalue weighted by Crippen LogP contribution is 2.56. The van der Waals surface area contributed by atoms with Crippen molar-refractivity contribution in [2.45, 2.75) is 49.0 Å². The van der Waals surface area contributed by atoms with Gasteiger partial charge in [-0.3, -0.25) is 4.74 Å². The van der Waals surface area contributed by atoms with Crippen molar-refractivity contribution in [2.24, 2.45) is 0 Å². The molecule has 0 heterocycles. The molecule has 29 heavy (non-hydrogen) atoms. The first kappa shape index (κ1) is 27.6. The number of hydrogen-bond donors (Lipinski definition) is 0. The van der Waals surface area contributed by atoms with Gasteiger partial charge >= 0.3 is 49.0 Å². The third kappa shape index (κ3) is 5.83. The van der Waals surface area contributed by atoms with Gasteiger partial charge in [-0.05, 0) is 0 Å². The molecule has 3 nitrogen and oxygen atoms in total. The minimum atomic E-state index is -8.04. The summed E-state index contributed by atoms with van der Waals surface area (Å²) in [4.78, 5) is 0. The molecule has 0 aliphatic carbocycles. The fourth-order valence-electron chi connectivity index (χ4n) is 1.18. The third-order valence-electron chi connectivity index (χ3n) is 2.25. The van der Waals surface area contributed by atoms with E-state index < -0.39 is 49.0 Å². The van der Waals surface area contributed by atoms with Crippen molar-refractivity contribution >= 4 is 0 Å². The van der Waals surface area contributed by atoms with Gasteiger partial charge in [-0.2, -0.15) is 52.7 Å². The molecule has 0 radical (unpaired) electrons. The summed E-state index contributed by atoms with van der Waals surface area (Å²) in [7, 11) is 0. The van der Waals surface area contributed by atoms with Gasteiger partial charge in [0, 0.05) is 0 Å². The Morgan fingerprint density at radius 1 is 0.310 bits per heavy atom. The Balaban J connectivity index is 6.57. The van der Waals surface area contributed by atoms with E-state index in [9.17, 15) is 79.0 Å². The van der Waals surface area contributed by atoms with Gasteiger partial charge in [0.2, 0.25) is 0 Å². The largest absolute Gasteiger partial charge is 0.527 e. The van der Waals surface area contributed by atoms with E-state index in [4.69, 9.17) is 0 Å². The van der Waals surface area contributed by atoms with Crippen LogP contribution >= 0.6 is 0 Å². The van der Waals surface area contributed by atoms with Gasteiger partial charge in [-0.15, -0.1) is 26.3 Å². The second-order valence-corrected chi connectivity index (χ2v) is 4.42. The zero-order valence-electron chi connectivity index (χ0n) is 12.0. The van der Waals surface area contributed by atoms with Crippen LogP contribution in [0.25, 0.3) is 0 Å². The first-order valence-electron chi connectivity index (χ1n) is 5.63. The van der Waals surface area contributed by atoms with E-state index in [0.29, 0.717) is 0 Å². The van der Waals surface area contributed by atoms with Crippen LogP contribution in [0.1, 0.15) is 0 Å². The summed E-state index contributed by atoms with van der Waals surface area (Å²) in [6.07, 6.45) is -45.6. The molecule has 0 fully saturated rings. The molecule has 0 aromatic rings. The lowest BCUT2D eigenvalue weighted by atomic mass is 10.2. The van der Waals surface area contributed by atoms with E-state index in [0.717, 1.165) is 0 Å². The van der Waals surface area contributed by atoms with Crippen LogP contribution in [0.15, 0.2) is 0 Å². The van der Waals surface area contributed by atoms with Crippen molar-refractivity contribution in [3.05, 3.63) is 0 Å². The summed E-state index contributed by atoms with van der Waals surface area (Å²) in [5.74, 6) is -15.8. The molecule has 176 valence electrons. The SMILES string of the molecule is FC(F)(F)OC(F)(F)C(F)(OC(F)(F)C(F)(OC(F)(F)F)C(F)(F)F)C(F)(F)F. The van der Waals surface area contributed by atoms with Gasteiger partial charge in [0.05, 0.1) is 0 Å². The lowest BCUT2D eigenvalue weighted by molar-refractivity contribution is -0.580. The maximum absolute atomic E-state index is 13.4. The highest BCUT2D eigenvalue weighted by Gasteiger charge is 2.85. The molecule has 0 saturated carbocycles. The van der Waals surface area contributed by atoms with Gasteiger partial charge in [0.25, 0.3) is 0 Å². The van der Waals surface area contributed by atoms with Crippen LogP contribution in [-0.4, -0.2) is 49.0 Å². The molecule has 2 atom stereocenters. The smallest absolute Gasteiger partial charge is 0.263 e. The predicted octanol–water partition coefficient (Wildman–Crippen LogP) is 5.72. The Hall–Kier alpha value is -1.38. The van der Waals surface area contributed by atoms with E-state index in [1.165, 1.54) is 14.2 Å². The van der Waals surface area contributed by atoms with E-state index in [2.05, 4.69) is 0 Å². The molecular weight excluding hydrogens is 486 g/mol. The summed E-state index contributed by atoms with van der Waals surface area (Å²) < 4.78 is 226. The fraction of sp³-hybridized carbons (Fsp3) is 1.00. The zero-order chi connectivity index (χ0) is 24.1. The highest BCUT2D eigenvalue weighted by atomic mass is 19.4. The molecule has 0 rings (SSSR count). The summed E-state index contributed by atoms with van der Waals surface area (Å²) in [6, 6.07) is 0. The van der Waals surface area contributed by atoms with Crippen molar-refractivity contribution in [2.75, 3.05) is 0 Å². The van der Waals surface area contributed by atoms with E-state index in [1.807, 2.05) is 0 Å². The summed E-state index contributed by atoms with van der Waals surface area (Å²) >= 11 is 0. The number of hydrogen-bond acceptors (Lipinski definition) is 3. The van der Waals surface area contributed by atoms with Gasteiger partial charge in [-0.25, -0.2) is 9.47 Å². The van der Waals surface area contributed by atoms with Crippen LogP contribution in [0, 0.1) is 0 Å². The number of ether oxygens (including phenoxy) is 3. The van der Waals surface area contributed by atoms with Gasteiger partial charge in [0.1, 0.15) is 0 Å². The second kappa shape index (κ2) is 7.10. The normalized spacial score (nSPS) is 19.7. The van der Waals surface area contributed by atoms with Gasteiger partial charge in [0.15, 0.2) is 0 Å². The molecular formula is C8F18O3. The first-order valence-corrected chi connectivity index (χ1v) is 5.63. The average Bonchev–Trinajstić information content (AvgIpc) is 2.29. The summed E-state index contributed by atoms with van der Waals surface area (Å²) in [6.45, 7) is 0. The maximum Gasteiger partial charge on any atom is 0.527 e. The van der Waals surface area contributed by atoms with Crippen LogP contribution in [0.4, 0.5) is 79.0 Å². The second-order valence-electron chi connectivity index (χ2n) is 4.42. The van der Waals surface area contributed by atoms with E-state index >= 15 is 0 Å². The van der Waals surface area contributed by atoms with Crippen LogP contribution in [0.3, 0.4) is 0 Å². The lowest BCUT2D eigenvalue weighted by Gasteiger charge is -2.40. The third-order valence-corrected chi connectivity index (χ3v) is 2.25. The maximum atomic E-state index is 13.4. The quantitative estimate of drug-likeness (QED) is 0.450. The molecule has 0 spiro atoms. The van der Waals surface area contributed by atoms with Crippen LogP contribution in [0.5, 0.6) is 0 Å². The topological polar surface area (TPSA) is 27.7 Å². The molecule has 0 amide bonds. The molecule has 21 heteroatoms. The lowest BCUT2D eigenvalue weighted by Crippen LogP contribution is -2.68. The molecule has 0 aliphatic heterocycles. The minimum absolute atomic E-state index is 1.21. The summed E-state index contributed by atoms with van der Waals surface area (Å²) in [5.41, 5.74) is 0. The zero-order valence-corrected chi connectivity index (χ0v) is 12.0. The molecule has 0 aromatic carbocycles. The fourth-order valence-corrected chi connectivity index (χ4v) is 1.18. The van der Waals surface area contributed by atoms with Gasteiger partial charge < -0.3 is 0 Å². The predicted molar refractivity (Wildman–Crippen MR) is 45.0 cm³/mol. The Morgan fingerprint density at radius 2 is 0.552 bits per heavy atom. The van der Waals surface area contributed by atoms with Crippen molar-refractivity contribution in [3.8, 4) is 0 Å². The molecule has 0 bridgehead atoms. The summed E-state index contributed by atoms with van der Waals surface area (Å²) in [5, 5.41) is 0. The van der Waals surface area contributed by atoms with Crippen LogP contribution in [-0.2, 0) is 14.2 Å². The van der Waals surface area contributed by atoms with E-state index in [1.54, 1.807) is 0 Å². The Morgan fingerprint density at radius 3 is 0.793 bits per heavy atom. The molecule has 0 aliphatic rings. The molecule has 0 aromatic heterocycles. The number of halogens is 18. The monoisotopic (exact) mass is 486 g/mol. The van der Waals surface area contributed by atoms with Gasteiger partial charge in [-0.1, -0.05) is 0 Å². The Labute approximate surface area is 144 Å². The van der Waals surface area contributed by atoms with Crippen molar-refractivity contribution < 1.29 is 93.2 Å². The molecule has 2 unspecified atom stereocenters. The van der Waals surface area contributed by atoms with Crippen molar-refractivity contribution in [1.29, 1.82) is 0 Å². The highest BCUT2D eigenvalue weighted by molar-refractivity contribution is 4.94. The van der Waals surface area contributed by atoms with Crippen molar-refractivity contribution in [3.63, 3.8) is 0 Å². The number of rotatable bonds is 6. The molecule has 0 saturated heterocycles. The Bertz CT molecular complexity index is 570. The Kier molecular flexibility index (Phi) is 6.76. The minimum Gasteiger partial charge on any atom is -0.263 e. The standard InChI is InChI=1S/C8F18O3/c9-1(3(11,12)13,6(19,20)29-8(24,25)26)27-5(17,18)2(10,4(14,15)16)28-7(21,22)23. The van der Waals surface area contributed by atoms with E-state index in [-0.39, 0.29) is 0 Å². The van der Waals surface area contributed by atoms with Crippen LogP contribution in [0.2, 0.25) is 0 Å².